The lowest BCUT2D eigenvalue weighted by atomic mass is 10.1. The Morgan fingerprint density at radius 2 is 0.786 bits per heavy atom. The zero-order valence-corrected chi connectivity index (χ0v) is 40.6. The van der Waals surface area contributed by atoms with Crippen LogP contribution in [0.4, 0.5) is 0 Å². The van der Waals surface area contributed by atoms with Crippen molar-refractivity contribution in [1.82, 2.24) is 9.97 Å². The zero-order chi connectivity index (χ0) is 49.4. The molecule has 14 nitrogen and oxygen atoms in total. The summed E-state index contributed by atoms with van der Waals surface area (Å²) in [5.41, 5.74) is 3.64. The first-order valence-electron chi connectivity index (χ1n) is 24.9. The Kier molecular flexibility index (Phi) is 25.3. The van der Waals surface area contributed by atoms with E-state index in [0.29, 0.717) is 37.9 Å². The number of aromatic nitrogens is 2. The third kappa shape index (κ3) is 20.7. The third-order valence-electron chi connectivity index (χ3n) is 11.6. The maximum absolute atomic E-state index is 13.2. The summed E-state index contributed by atoms with van der Waals surface area (Å²) in [6.07, 6.45) is 23.2. The van der Waals surface area contributed by atoms with E-state index in [1.165, 1.54) is 63.5 Å². The molecule has 0 unspecified atom stereocenters. The molecule has 1 aliphatic heterocycles. The molecular weight excluding hydrogens is 893 g/mol. The lowest BCUT2D eigenvalue weighted by Crippen LogP contribution is -2.44. The molecule has 376 valence electrons. The van der Waals surface area contributed by atoms with Crippen LogP contribution in [0.3, 0.4) is 0 Å². The van der Waals surface area contributed by atoms with Gasteiger partial charge in [-0.25, -0.2) is 19.2 Å². The molecule has 3 heterocycles. The molecule has 70 heavy (non-hydrogen) atoms. The van der Waals surface area contributed by atoms with Gasteiger partial charge in [0.1, 0.15) is 11.5 Å². The maximum Gasteiger partial charge on any atom is 0.340 e. The number of pyridine rings is 2. The van der Waals surface area contributed by atoms with Gasteiger partial charge in [0.05, 0.1) is 74.5 Å². The van der Waals surface area contributed by atoms with Crippen LogP contribution < -0.4 is 9.47 Å². The van der Waals surface area contributed by atoms with E-state index >= 15 is 0 Å². The summed E-state index contributed by atoms with van der Waals surface area (Å²) < 4.78 is 44.4. The van der Waals surface area contributed by atoms with E-state index in [9.17, 15) is 19.2 Å². The first-order chi connectivity index (χ1) is 34.3. The first-order valence-corrected chi connectivity index (χ1v) is 24.9. The van der Waals surface area contributed by atoms with E-state index in [1.54, 1.807) is 60.9 Å². The SMILES string of the molecule is C=CC(=O)OCCCCCCCCCCCOc1ccc(-c2ccc(C(=O)O[C@H]3OCCO[C@@H]3OC(=O)c3ccc(-c4ccc(OCCCCCCCCCCCOC(=O)C=C)cn4)cc3)cc2)nc1. The van der Waals surface area contributed by atoms with Gasteiger partial charge in [-0.1, -0.05) is 127 Å². The van der Waals surface area contributed by atoms with Crippen LogP contribution >= 0.6 is 0 Å². The summed E-state index contributed by atoms with van der Waals surface area (Å²) in [7, 11) is 0. The number of hydrogen-bond acceptors (Lipinski definition) is 14. The highest BCUT2D eigenvalue weighted by atomic mass is 16.8. The Bertz CT molecular complexity index is 2010. The van der Waals surface area contributed by atoms with Gasteiger partial charge in [0.2, 0.25) is 0 Å². The number of carbonyl (C=O) groups excluding carboxylic acids is 4. The molecule has 0 aliphatic carbocycles. The van der Waals surface area contributed by atoms with E-state index in [2.05, 4.69) is 23.1 Å². The van der Waals surface area contributed by atoms with Crippen LogP contribution in [0.2, 0.25) is 0 Å². The molecule has 0 amide bonds. The van der Waals surface area contributed by atoms with E-state index in [0.717, 1.165) is 86.7 Å². The van der Waals surface area contributed by atoms with Gasteiger partial charge in [0.25, 0.3) is 12.6 Å². The number of unbranched alkanes of at least 4 members (excludes halogenated alkanes) is 16. The van der Waals surface area contributed by atoms with Crippen molar-refractivity contribution in [1.29, 1.82) is 0 Å². The average Bonchev–Trinajstić information content (AvgIpc) is 3.39. The zero-order valence-electron chi connectivity index (χ0n) is 40.6. The number of carbonyl (C=O) groups is 4. The summed E-state index contributed by atoms with van der Waals surface area (Å²) in [5.74, 6) is -0.633. The Hall–Kier alpha value is -6.38. The van der Waals surface area contributed by atoms with E-state index < -0.39 is 24.5 Å². The topological polar surface area (TPSA) is 168 Å². The minimum Gasteiger partial charge on any atom is -0.492 e. The van der Waals surface area contributed by atoms with Gasteiger partial charge in [0.15, 0.2) is 0 Å². The molecular formula is C56H70N2O12. The van der Waals surface area contributed by atoms with Gasteiger partial charge >= 0.3 is 23.9 Å². The molecule has 0 spiro atoms. The van der Waals surface area contributed by atoms with Crippen LogP contribution in [-0.2, 0) is 38.0 Å². The van der Waals surface area contributed by atoms with Crippen molar-refractivity contribution >= 4 is 23.9 Å². The third-order valence-corrected chi connectivity index (χ3v) is 11.6. The highest BCUT2D eigenvalue weighted by molar-refractivity contribution is 5.91. The van der Waals surface area contributed by atoms with Crippen molar-refractivity contribution in [3.05, 3.63) is 122 Å². The standard InChI is InChI=1S/C56H70N2O12/c1-3-51(59)65-37-21-17-13-9-5-7-11-15-19-35-63-47-31-33-49(57-41-47)43-23-27-45(28-24-43)53(61)69-55-56(68-40-39-67-55)70-54(62)46-29-25-44(26-30-46)50-34-32-48(42-58-50)64-36-20-16-12-8-6-10-14-18-22-38-66-52(60)4-2/h3-4,23-34,41-42,55-56H,1-2,5-22,35-40H2/t55-,56-/m1/s1. The fraction of sp³-hybridized carbons (Fsp3) is 0.464. The van der Waals surface area contributed by atoms with Gasteiger partial charge in [-0.2, -0.15) is 0 Å². The molecule has 2 atom stereocenters. The molecule has 0 bridgehead atoms. The summed E-state index contributed by atoms with van der Waals surface area (Å²) in [5, 5.41) is 0. The number of benzene rings is 2. The van der Waals surface area contributed by atoms with Crippen LogP contribution in [0.25, 0.3) is 22.5 Å². The number of hydrogen-bond donors (Lipinski definition) is 0. The number of esters is 4. The summed E-state index contributed by atoms with van der Waals surface area (Å²) in [6.45, 7) is 9.29. The molecule has 1 fully saturated rings. The van der Waals surface area contributed by atoms with Crippen LogP contribution in [0, 0.1) is 0 Å². The fourth-order valence-corrected chi connectivity index (χ4v) is 7.57. The van der Waals surface area contributed by atoms with E-state index in [-0.39, 0.29) is 36.3 Å². The fourth-order valence-electron chi connectivity index (χ4n) is 7.57. The monoisotopic (exact) mass is 962 g/mol. The van der Waals surface area contributed by atoms with Crippen molar-refractivity contribution in [2.75, 3.05) is 39.6 Å². The molecule has 0 saturated carbocycles. The minimum atomic E-state index is -1.26. The van der Waals surface area contributed by atoms with Crippen molar-refractivity contribution in [2.45, 2.75) is 128 Å². The van der Waals surface area contributed by atoms with Gasteiger partial charge in [0, 0.05) is 23.3 Å². The van der Waals surface area contributed by atoms with Crippen molar-refractivity contribution in [3.63, 3.8) is 0 Å². The predicted octanol–water partition coefficient (Wildman–Crippen LogP) is 11.8. The van der Waals surface area contributed by atoms with Crippen LogP contribution in [0.1, 0.15) is 136 Å². The lowest BCUT2D eigenvalue weighted by Gasteiger charge is -2.30. The molecule has 5 rings (SSSR count). The Balaban J connectivity index is 0.941. The summed E-state index contributed by atoms with van der Waals surface area (Å²) in [4.78, 5) is 57.6. The Morgan fingerprint density at radius 1 is 0.457 bits per heavy atom. The summed E-state index contributed by atoms with van der Waals surface area (Å²) >= 11 is 0. The Morgan fingerprint density at radius 3 is 1.10 bits per heavy atom. The Labute approximate surface area is 413 Å². The van der Waals surface area contributed by atoms with Gasteiger partial charge in [-0.05, 0) is 74.2 Å². The average molecular weight is 963 g/mol. The second-order valence-electron chi connectivity index (χ2n) is 17.0. The van der Waals surface area contributed by atoms with Crippen LogP contribution in [0.5, 0.6) is 11.5 Å². The van der Waals surface area contributed by atoms with Gasteiger partial charge in [-0.3, -0.25) is 9.97 Å². The molecule has 0 N–H and O–H groups in total. The van der Waals surface area contributed by atoms with Crippen molar-refractivity contribution < 1.29 is 57.1 Å². The molecule has 4 aromatic rings. The number of ether oxygens (including phenoxy) is 8. The van der Waals surface area contributed by atoms with Gasteiger partial charge < -0.3 is 37.9 Å². The second-order valence-corrected chi connectivity index (χ2v) is 17.0. The number of rotatable bonds is 34. The maximum atomic E-state index is 13.2. The highest BCUT2D eigenvalue weighted by Crippen LogP contribution is 2.25. The summed E-state index contributed by atoms with van der Waals surface area (Å²) in [6, 6.07) is 21.2. The molecule has 1 aliphatic rings. The number of nitrogens with zero attached hydrogens (tertiary/aromatic N) is 2. The predicted molar refractivity (Wildman–Crippen MR) is 266 cm³/mol. The molecule has 0 radical (unpaired) electrons. The smallest absolute Gasteiger partial charge is 0.340 e. The lowest BCUT2D eigenvalue weighted by molar-refractivity contribution is -0.288. The largest absolute Gasteiger partial charge is 0.492 e. The van der Waals surface area contributed by atoms with Crippen LogP contribution in [0.15, 0.2) is 111 Å². The van der Waals surface area contributed by atoms with Crippen LogP contribution in [-0.4, -0.2) is 86.1 Å². The molecule has 1 saturated heterocycles. The molecule has 2 aromatic heterocycles. The van der Waals surface area contributed by atoms with E-state index in [1.807, 2.05) is 24.3 Å². The van der Waals surface area contributed by atoms with E-state index in [4.69, 9.17) is 37.9 Å². The molecule has 2 aromatic carbocycles. The second kappa shape index (κ2) is 32.4. The van der Waals surface area contributed by atoms with Crippen molar-refractivity contribution in [3.8, 4) is 34.0 Å². The first kappa shape index (κ1) is 54.6. The normalized spacial score (nSPS) is 14.2. The van der Waals surface area contributed by atoms with Gasteiger partial charge in [-0.15, -0.1) is 0 Å². The quantitative estimate of drug-likeness (QED) is 0.0188. The minimum absolute atomic E-state index is 0.158. The van der Waals surface area contributed by atoms with Crippen molar-refractivity contribution in [2.24, 2.45) is 0 Å². The molecule has 14 heteroatoms. The highest BCUT2D eigenvalue weighted by Gasteiger charge is 2.34.